The van der Waals surface area contributed by atoms with E-state index < -0.39 is 158 Å². The van der Waals surface area contributed by atoms with Gasteiger partial charge in [0.15, 0.2) is 46.0 Å². The van der Waals surface area contributed by atoms with Crippen LogP contribution in [0.5, 0.6) is 80.5 Å². The minimum atomic E-state index is -3.21. The Hall–Kier alpha value is -10.4. The molecule has 1 fully saturated rings. The number of aliphatic hydroxyl groups excluding tert-OH is 2. The molecule has 11 rings (SSSR count). The zero-order valence-electron chi connectivity index (χ0n) is 40.8. The van der Waals surface area contributed by atoms with Gasteiger partial charge in [-0.15, -0.1) is 0 Å². The van der Waals surface area contributed by atoms with Gasteiger partial charge in [0.2, 0.25) is 5.60 Å². The van der Waals surface area contributed by atoms with Crippen LogP contribution in [0.25, 0.3) is 12.2 Å². The summed E-state index contributed by atoms with van der Waals surface area (Å²) in [4.78, 5) is 67.7. The number of carboxylic acids is 1. The fourth-order valence-corrected chi connectivity index (χ4v) is 9.97. The summed E-state index contributed by atoms with van der Waals surface area (Å²) in [5.41, 5.74) is -4.29. The molecule has 0 bridgehead atoms. The van der Waals surface area contributed by atoms with Gasteiger partial charge in [-0.3, -0.25) is 9.59 Å². The first kappa shape index (κ1) is 52.6. The van der Waals surface area contributed by atoms with Crippen LogP contribution in [0, 0.1) is 0 Å². The molecule has 5 aliphatic rings. The highest BCUT2D eigenvalue weighted by Crippen LogP contribution is 2.58. The minimum absolute atomic E-state index is 0.0880. The van der Waals surface area contributed by atoms with Crippen molar-refractivity contribution in [1.82, 2.24) is 0 Å². The summed E-state index contributed by atoms with van der Waals surface area (Å²) in [5, 5.41) is 139. The van der Waals surface area contributed by atoms with Gasteiger partial charge in [-0.1, -0.05) is 12.1 Å². The third kappa shape index (κ3) is 8.23. The molecule has 0 aromatic heterocycles. The number of aliphatic carboxylic acids is 1. The van der Waals surface area contributed by atoms with E-state index in [1.165, 1.54) is 36.4 Å². The summed E-state index contributed by atoms with van der Waals surface area (Å²) >= 11 is 0. The van der Waals surface area contributed by atoms with Crippen LogP contribution >= 0.6 is 0 Å². The van der Waals surface area contributed by atoms with E-state index in [4.69, 9.17) is 37.9 Å². The van der Waals surface area contributed by atoms with Crippen molar-refractivity contribution in [1.29, 1.82) is 0 Å². The van der Waals surface area contributed by atoms with Crippen molar-refractivity contribution in [3.05, 3.63) is 143 Å². The molecule has 416 valence electrons. The second-order valence-corrected chi connectivity index (χ2v) is 19.1. The molecule has 6 aromatic rings. The first-order valence-corrected chi connectivity index (χ1v) is 23.8. The van der Waals surface area contributed by atoms with Gasteiger partial charge in [0, 0.05) is 60.4 Å². The normalized spacial score (nSPS) is 26.7. The topological polar surface area (TPSA) is 422 Å². The maximum absolute atomic E-state index is 14.1. The predicted molar refractivity (Wildman–Crippen MR) is 263 cm³/mol. The molecule has 81 heavy (non-hydrogen) atoms. The fraction of sp³-hybridized carbons (Fsp3) is 0.182. The summed E-state index contributed by atoms with van der Waals surface area (Å²) in [6.07, 6.45) is -3.67. The SMILES string of the molecule is O=C(C=Cc1ccc2c(c1)OC1(O)C(=O)c3c(O)cc(O)cc3OC1(c1ccc(O)c(O)c1)O2)O[C@@H]1C[C@@](OC(=O)C=Cc2ccc3c(c2)OC2(c4ccc(O)c(O)c4)Oc4cc(O)cc(O)c4C(=O)C2(O)O3)(C(=O)O)C[C@@H](O)[C@@H]1O. The Morgan fingerprint density at radius 2 is 0.938 bits per heavy atom. The molecular formula is C55H40O26. The zero-order chi connectivity index (χ0) is 57.9. The van der Waals surface area contributed by atoms with E-state index in [0.717, 1.165) is 85.0 Å². The predicted octanol–water partition coefficient (Wildman–Crippen LogP) is 3.03. The Morgan fingerprint density at radius 3 is 1.43 bits per heavy atom. The molecule has 4 unspecified atom stereocenters. The van der Waals surface area contributed by atoms with Crippen molar-refractivity contribution in [2.45, 2.75) is 59.9 Å². The van der Waals surface area contributed by atoms with Crippen LogP contribution in [0.1, 0.15) is 55.8 Å². The van der Waals surface area contributed by atoms with Crippen molar-refractivity contribution in [2.75, 3.05) is 0 Å². The highest BCUT2D eigenvalue weighted by molar-refractivity contribution is 6.09. The molecule has 0 spiro atoms. The van der Waals surface area contributed by atoms with Crippen molar-refractivity contribution in [3.8, 4) is 80.5 Å². The lowest BCUT2D eigenvalue weighted by atomic mass is 9.79. The number of aromatic hydroxyl groups is 8. The summed E-state index contributed by atoms with van der Waals surface area (Å²) < 4.78 is 46.7. The third-order valence-corrected chi connectivity index (χ3v) is 13.9. The number of carbonyl (C=O) groups excluding carboxylic acids is 4. The lowest BCUT2D eigenvalue weighted by Crippen LogP contribution is -2.70. The number of phenols is 8. The Morgan fingerprint density at radius 1 is 0.494 bits per heavy atom. The van der Waals surface area contributed by atoms with Crippen molar-refractivity contribution in [2.24, 2.45) is 0 Å². The highest BCUT2D eigenvalue weighted by Gasteiger charge is 2.72. The number of carbonyl (C=O) groups is 5. The number of rotatable bonds is 9. The lowest BCUT2D eigenvalue weighted by Gasteiger charge is -2.50. The van der Waals surface area contributed by atoms with E-state index in [2.05, 4.69) is 0 Å². The van der Waals surface area contributed by atoms with Crippen LogP contribution in [-0.4, -0.2) is 131 Å². The van der Waals surface area contributed by atoms with Gasteiger partial charge in [-0.2, -0.15) is 0 Å². The maximum Gasteiger partial charge on any atom is 0.357 e. The molecule has 6 aromatic carbocycles. The molecule has 1 saturated carbocycles. The lowest BCUT2D eigenvalue weighted by molar-refractivity contribution is -0.316. The highest BCUT2D eigenvalue weighted by atomic mass is 16.8. The number of benzene rings is 6. The molecule has 4 heterocycles. The van der Waals surface area contributed by atoms with E-state index in [-0.39, 0.29) is 45.3 Å². The number of esters is 2. The quantitative estimate of drug-likeness (QED) is 0.0562. The number of aliphatic hydroxyl groups is 4. The molecule has 0 saturated heterocycles. The first-order chi connectivity index (χ1) is 38.3. The van der Waals surface area contributed by atoms with Gasteiger partial charge in [-0.05, 0) is 83.9 Å². The fourth-order valence-electron chi connectivity index (χ4n) is 9.97. The number of carboxylic acid groups (broad SMARTS) is 1. The van der Waals surface area contributed by atoms with Crippen LogP contribution in [0.3, 0.4) is 0 Å². The molecule has 26 nitrogen and oxygen atoms in total. The van der Waals surface area contributed by atoms with Gasteiger partial charge in [0.05, 0.1) is 6.10 Å². The molecule has 8 atom stereocenters. The van der Waals surface area contributed by atoms with Gasteiger partial charge in [0.25, 0.3) is 11.6 Å². The van der Waals surface area contributed by atoms with E-state index in [1.54, 1.807) is 0 Å². The largest absolute Gasteiger partial charge is 0.508 e. The molecular weight excluding hydrogens is 1080 g/mol. The Balaban J connectivity index is 0.805. The summed E-state index contributed by atoms with van der Waals surface area (Å²) in [7, 11) is 0. The second kappa shape index (κ2) is 18.3. The van der Waals surface area contributed by atoms with Crippen LogP contribution in [0.15, 0.2) is 109 Å². The summed E-state index contributed by atoms with van der Waals surface area (Å²) in [6, 6.07) is 16.9. The van der Waals surface area contributed by atoms with Gasteiger partial charge in [-0.25, -0.2) is 14.4 Å². The average Bonchev–Trinajstić information content (AvgIpc) is 3.02. The second-order valence-electron chi connectivity index (χ2n) is 19.1. The van der Waals surface area contributed by atoms with Crippen LogP contribution in [0.2, 0.25) is 0 Å². The summed E-state index contributed by atoms with van der Waals surface area (Å²) in [6.45, 7) is 0. The number of fused-ring (bicyclic) bond motifs is 6. The molecule has 26 heteroatoms. The molecule has 0 amide bonds. The summed E-state index contributed by atoms with van der Waals surface area (Å²) in [5.74, 6) is -26.4. The van der Waals surface area contributed by atoms with E-state index in [0.29, 0.717) is 0 Å². The smallest absolute Gasteiger partial charge is 0.357 e. The van der Waals surface area contributed by atoms with Crippen LogP contribution in [-0.2, 0) is 35.4 Å². The van der Waals surface area contributed by atoms with Crippen molar-refractivity contribution in [3.63, 3.8) is 0 Å². The zero-order valence-corrected chi connectivity index (χ0v) is 40.8. The van der Waals surface area contributed by atoms with Crippen molar-refractivity contribution < 1.29 is 128 Å². The standard InChI is InChI=1S/C55H40O26/c56-27-18-34(63)46-40(19-27)79-54(25-5-7-29(58)31(60)15-25)53(73,49(46)69)76-38-13-23(2-10-37(38)77-54)3-11-43(65)74-42-22-51(50(70)71,21-35(64)47(42)67)81-44(66)12-4-24-1-9-36-39(14-24)78-55(26-6-8-30(59)32(61)16-26)52(72,75-36)48(68)45-33(62)17-28(57)20-41(45)80-55/h1-20,35,42,47,56-64,67,72-73H,21-22H2,(H,70,71)/t35-,42-,47+,51-,52?,53?,54?,55?/m1/s1. The number of hydrogen-bond acceptors (Lipinski definition) is 25. The van der Waals surface area contributed by atoms with Crippen LogP contribution < -0.4 is 28.4 Å². The van der Waals surface area contributed by atoms with Gasteiger partial charge < -0.3 is 104 Å². The molecule has 13 N–H and O–H groups in total. The minimum Gasteiger partial charge on any atom is -0.508 e. The number of ketones is 2. The maximum atomic E-state index is 14.1. The molecule has 4 aliphatic heterocycles. The number of hydrogen-bond donors (Lipinski definition) is 13. The molecule has 0 radical (unpaired) electrons. The van der Waals surface area contributed by atoms with Crippen LogP contribution in [0.4, 0.5) is 0 Å². The Kier molecular flexibility index (Phi) is 11.9. The monoisotopic (exact) mass is 1120 g/mol. The number of ether oxygens (including phenoxy) is 8. The van der Waals surface area contributed by atoms with Gasteiger partial charge in [0.1, 0.15) is 57.8 Å². The number of phenolic OH excluding ortho intramolecular Hbond substituents is 8. The van der Waals surface area contributed by atoms with E-state index in [1.807, 2.05) is 0 Å². The third-order valence-electron chi connectivity index (χ3n) is 13.9. The first-order valence-electron chi connectivity index (χ1n) is 23.8. The Bertz CT molecular complexity index is 3800. The van der Waals surface area contributed by atoms with Gasteiger partial charge >= 0.3 is 41.1 Å². The molecule has 1 aliphatic carbocycles. The average molecular weight is 1120 g/mol. The van der Waals surface area contributed by atoms with E-state index >= 15 is 0 Å². The Labute approximate surface area is 451 Å². The number of Topliss-reactive ketones (excluding diaryl/α,β-unsaturated/α-hetero) is 2. The van der Waals surface area contributed by atoms with Crippen molar-refractivity contribution >= 4 is 41.6 Å². The van der Waals surface area contributed by atoms with E-state index in [9.17, 15) is 90.4 Å².